The molecule has 3 aliphatic heterocycles. The predicted molar refractivity (Wildman–Crippen MR) is 155 cm³/mol. The van der Waals surface area contributed by atoms with Crippen molar-refractivity contribution >= 4 is 34.8 Å². The molecular formula is C30H35N7O3. The molecule has 0 bridgehead atoms. The van der Waals surface area contributed by atoms with E-state index in [-0.39, 0.29) is 23.8 Å². The molecule has 0 saturated carbocycles. The Morgan fingerprint density at radius 1 is 0.925 bits per heavy atom. The van der Waals surface area contributed by atoms with Gasteiger partial charge in [-0.1, -0.05) is 12.1 Å². The second-order valence-electron chi connectivity index (χ2n) is 10.5. The number of benzene rings is 2. The lowest BCUT2D eigenvalue weighted by Crippen LogP contribution is -2.53. The number of carbonyl (C=O) groups excluding carboxylic acids is 2. The van der Waals surface area contributed by atoms with Crippen molar-refractivity contribution in [3.8, 4) is 11.3 Å². The van der Waals surface area contributed by atoms with Crippen LogP contribution in [0.2, 0.25) is 0 Å². The highest BCUT2D eigenvalue weighted by atomic mass is 16.5. The fourth-order valence-corrected chi connectivity index (χ4v) is 5.48. The van der Waals surface area contributed by atoms with E-state index >= 15 is 0 Å². The molecule has 2 unspecified atom stereocenters. The van der Waals surface area contributed by atoms with Gasteiger partial charge in [0.15, 0.2) is 0 Å². The van der Waals surface area contributed by atoms with Gasteiger partial charge < -0.3 is 30.5 Å². The van der Waals surface area contributed by atoms with Gasteiger partial charge in [-0.05, 0) is 68.3 Å². The fourth-order valence-electron chi connectivity index (χ4n) is 5.48. The Hall–Kier alpha value is -4.02. The number of nitrogens with one attached hydrogen (secondary N) is 3. The molecule has 208 valence electrons. The number of piperazine rings is 1. The lowest BCUT2D eigenvalue weighted by molar-refractivity contribution is -0.133. The molecule has 10 nitrogen and oxygen atoms in total. The highest BCUT2D eigenvalue weighted by Crippen LogP contribution is 2.24. The van der Waals surface area contributed by atoms with Crippen molar-refractivity contribution in [2.24, 2.45) is 5.92 Å². The van der Waals surface area contributed by atoms with Crippen LogP contribution in [0.5, 0.6) is 0 Å². The third-order valence-electron chi connectivity index (χ3n) is 7.84. The maximum absolute atomic E-state index is 12.7. The van der Waals surface area contributed by atoms with Crippen molar-refractivity contribution in [3.05, 3.63) is 60.8 Å². The molecule has 4 heterocycles. The molecule has 3 saturated heterocycles. The van der Waals surface area contributed by atoms with Gasteiger partial charge in [0.05, 0.1) is 24.3 Å². The topological polar surface area (TPSA) is 112 Å². The zero-order chi connectivity index (χ0) is 27.3. The van der Waals surface area contributed by atoms with Crippen molar-refractivity contribution in [3.63, 3.8) is 0 Å². The van der Waals surface area contributed by atoms with Crippen molar-refractivity contribution in [2.45, 2.75) is 25.3 Å². The lowest BCUT2D eigenvalue weighted by Gasteiger charge is -2.37. The van der Waals surface area contributed by atoms with Crippen LogP contribution in [-0.4, -0.2) is 78.7 Å². The number of rotatable bonds is 7. The number of anilines is 4. The second kappa shape index (κ2) is 12.0. The van der Waals surface area contributed by atoms with Crippen molar-refractivity contribution in [1.82, 2.24) is 20.2 Å². The van der Waals surface area contributed by atoms with E-state index < -0.39 is 0 Å². The molecule has 6 rings (SSSR count). The van der Waals surface area contributed by atoms with Gasteiger partial charge >= 0.3 is 0 Å². The van der Waals surface area contributed by atoms with E-state index in [4.69, 9.17) is 4.74 Å². The summed E-state index contributed by atoms with van der Waals surface area (Å²) in [7, 11) is 0. The zero-order valence-electron chi connectivity index (χ0n) is 22.5. The normalized spacial score (nSPS) is 20.9. The zero-order valence-corrected chi connectivity index (χ0v) is 22.5. The Labute approximate surface area is 234 Å². The first kappa shape index (κ1) is 26.2. The van der Waals surface area contributed by atoms with Crippen LogP contribution in [0.4, 0.5) is 23.0 Å². The van der Waals surface area contributed by atoms with Crippen molar-refractivity contribution in [2.75, 3.05) is 61.5 Å². The van der Waals surface area contributed by atoms with Gasteiger partial charge in [0, 0.05) is 61.6 Å². The Balaban J connectivity index is 1.03. The summed E-state index contributed by atoms with van der Waals surface area (Å²) in [6, 6.07) is 17.8. The van der Waals surface area contributed by atoms with Crippen LogP contribution in [0.25, 0.3) is 11.3 Å². The highest BCUT2D eigenvalue weighted by Gasteiger charge is 2.29. The molecule has 2 atom stereocenters. The first-order valence-corrected chi connectivity index (χ1v) is 14.1. The van der Waals surface area contributed by atoms with Crippen LogP contribution in [0.1, 0.15) is 19.3 Å². The summed E-state index contributed by atoms with van der Waals surface area (Å²) in [6.07, 6.45) is 4.53. The molecular weight excluding hydrogens is 506 g/mol. The number of ether oxygens (including phenoxy) is 1. The summed E-state index contributed by atoms with van der Waals surface area (Å²) in [6.45, 7) is 5.23. The third kappa shape index (κ3) is 6.08. The SMILES string of the molecule is O=C(Nc1ccc(-c2ccnc(Nc3ccc(N4CCN(C(=O)C5CCCN5)CC4)cc3)n2)cc1)C1CCOC1. The van der Waals surface area contributed by atoms with Gasteiger partial charge in [-0.25, -0.2) is 9.97 Å². The van der Waals surface area contributed by atoms with Gasteiger partial charge in [0.2, 0.25) is 17.8 Å². The first-order chi connectivity index (χ1) is 19.6. The first-order valence-electron chi connectivity index (χ1n) is 14.1. The minimum Gasteiger partial charge on any atom is -0.381 e. The molecule has 2 amide bonds. The number of hydrogen-bond acceptors (Lipinski definition) is 8. The van der Waals surface area contributed by atoms with Gasteiger partial charge in [0.1, 0.15) is 0 Å². The van der Waals surface area contributed by atoms with Crippen LogP contribution in [-0.2, 0) is 14.3 Å². The van der Waals surface area contributed by atoms with E-state index in [0.717, 1.165) is 80.3 Å². The Bertz CT molecular complexity index is 1310. The highest BCUT2D eigenvalue weighted by molar-refractivity contribution is 5.93. The summed E-state index contributed by atoms with van der Waals surface area (Å²) in [4.78, 5) is 38.4. The minimum absolute atomic E-state index is 0.000905. The van der Waals surface area contributed by atoms with Crippen molar-refractivity contribution < 1.29 is 14.3 Å². The molecule has 40 heavy (non-hydrogen) atoms. The van der Waals surface area contributed by atoms with Crippen LogP contribution in [0, 0.1) is 5.92 Å². The predicted octanol–water partition coefficient (Wildman–Crippen LogP) is 3.26. The minimum atomic E-state index is -0.0795. The van der Waals surface area contributed by atoms with E-state index in [1.54, 1.807) is 6.20 Å². The van der Waals surface area contributed by atoms with Gasteiger partial charge in [-0.2, -0.15) is 0 Å². The summed E-state index contributed by atoms with van der Waals surface area (Å²) < 4.78 is 5.31. The number of nitrogens with zero attached hydrogens (tertiary/aromatic N) is 4. The molecule has 3 aromatic rings. The van der Waals surface area contributed by atoms with E-state index in [2.05, 4.69) is 43.0 Å². The smallest absolute Gasteiger partial charge is 0.239 e. The maximum Gasteiger partial charge on any atom is 0.239 e. The number of carbonyl (C=O) groups is 2. The fraction of sp³-hybridized carbons (Fsp3) is 0.400. The number of hydrogen-bond donors (Lipinski definition) is 3. The summed E-state index contributed by atoms with van der Waals surface area (Å²) in [5.41, 5.74) is 4.52. The number of aromatic nitrogens is 2. The standard InChI is InChI=1S/C30H35N7O3/c38-28(22-12-19-40-20-22)33-23-5-3-21(4-6-23)26-11-14-32-30(35-26)34-24-7-9-25(10-8-24)36-15-17-37(18-16-36)29(39)27-2-1-13-31-27/h3-11,14,22,27,31H,1-2,12-13,15-20H2,(H,33,38)(H,32,34,35). The van der Waals surface area contributed by atoms with Crippen LogP contribution in [0.15, 0.2) is 60.8 Å². The van der Waals surface area contributed by atoms with Crippen molar-refractivity contribution in [1.29, 1.82) is 0 Å². The molecule has 3 aliphatic rings. The summed E-state index contributed by atoms with van der Waals surface area (Å²) in [5.74, 6) is 0.677. The van der Waals surface area contributed by atoms with E-state index in [1.807, 2.05) is 47.4 Å². The van der Waals surface area contributed by atoms with Crippen LogP contribution in [0.3, 0.4) is 0 Å². The summed E-state index contributed by atoms with van der Waals surface area (Å²) >= 11 is 0. The third-order valence-corrected chi connectivity index (χ3v) is 7.84. The summed E-state index contributed by atoms with van der Waals surface area (Å²) in [5, 5.41) is 9.58. The maximum atomic E-state index is 12.7. The van der Waals surface area contributed by atoms with Gasteiger partial charge in [-0.15, -0.1) is 0 Å². The molecule has 0 spiro atoms. The van der Waals surface area contributed by atoms with Crippen LogP contribution >= 0.6 is 0 Å². The molecule has 10 heteroatoms. The molecule has 2 aromatic carbocycles. The molecule has 0 radical (unpaired) electrons. The van der Waals surface area contributed by atoms with Gasteiger partial charge in [0.25, 0.3) is 0 Å². The molecule has 0 aliphatic carbocycles. The van der Waals surface area contributed by atoms with E-state index in [9.17, 15) is 9.59 Å². The molecule has 3 fully saturated rings. The van der Waals surface area contributed by atoms with E-state index in [0.29, 0.717) is 19.2 Å². The largest absolute Gasteiger partial charge is 0.381 e. The lowest BCUT2D eigenvalue weighted by atomic mass is 10.1. The average molecular weight is 542 g/mol. The monoisotopic (exact) mass is 541 g/mol. The van der Waals surface area contributed by atoms with E-state index in [1.165, 1.54) is 0 Å². The number of amides is 2. The Kier molecular flexibility index (Phi) is 7.87. The van der Waals surface area contributed by atoms with Crippen LogP contribution < -0.4 is 20.9 Å². The average Bonchev–Trinajstić information content (AvgIpc) is 3.74. The Morgan fingerprint density at radius 2 is 1.70 bits per heavy atom. The van der Waals surface area contributed by atoms with Gasteiger partial charge in [-0.3, -0.25) is 9.59 Å². The molecule has 1 aromatic heterocycles. The quantitative estimate of drug-likeness (QED) is 0.418. The Morgan fingerprint density at radius 3 is 2.40 bits per heavy atom. The molecule has 3 N–H and O–H groups in total. The second-order valence-corrected chi connectivity index (χ2v) is 10.5.